The maximum absolute atomic E-state index is 12.7. The molecular weight excluding hydrogens is 278 g/mol. The van der Waals surface area contributed by atoms with Crippen molar-refractivity contribution in [2.45, 2.75) is 37.1 Å². The van der Waals surface area contributed by atoms with E-state index in [1.807, 2.05) is 6.92 Å². The summed E-state index contributed by atoms with van der Waals surface area (Å²) in [5.41, 5.74) is 0.574. The predicted molar refractivity (Wildman–Crippen MR) is 77.0 cm³/mol. The average Bonchev–Trinajstić information content (AvgIpc) is 3.27. The minimum absolute atomic E-state index is 0.0198. The summed E-state index contributed by atoms with van der Waals surface area (Å²) < 4.78 is 26.8. The Morgan fingerprint density at radius 1 is 1.50 bits per heavy atom. The van der Waals surface area contributed by atoms with Gasteiger partial charge in [-0.05, 0) is 25.3 Å². The minimum Gasteiger partial charge on any atom is -0.395 e. The van der Waals surface area contributed by atoms with Crippen LogP contribution in [0.1, 0.15) is 26.2 Å². The van der Waals surface area contributed by atoms with Gasteiger partial charge in [0.2, 0.25) is 10.0 Å². The summed E-state index contributed by atoms with van der Waals surface area (Å²) in [6.45, 7) is 2.68. The van der Waals surface area contributed by atoms with Crippen LogP contribution in [0, 0.1) is 0 Å². The first-order chi connectivity index (χ1) is 9.61. The molecule has 1 aromatic heterocycles. The van der Waals surface area contributed by atoms with Gasteiger partial charge in [-0.2, -0.15) is 4.31 Å². The first kappa shape index (κ1) is 15.2. The van der Waals surface area contributed by atoms with Gasteiger partial charge in [0.25, 0.3) is 0 Å². The van der Waals surface area contributed by atoms with Crippen LogP contribution in [0.25, 0.3) is 0 Å². The van der Waals surface area contributed by atoms with Crippen molar-refractivity contribution in [2.75, 3.05) is 25.0 Å². The zero-order valence-corrected chi connectivity index (χ0v) is 12.4. The first-order valence-electron chi connectivity index (χ1n) is 6.91. The highest BCUT2D eigenvalue weighted by Gasteiger charge is 2.38. The van der Waals surface area contributed by atoms with E-state index in [2.05, 4.69) is 10.3 Å². The van der Waals surface area contributed by atoms with Gasteiger partial charge in [0.15, 0.2) is 0 Å². The van der Waals surface area contributed by atoms with Crippen molar-refractivity contribution < 1.29 is 13.5 Å². The summed E-state index contributed by atoms with van der Waals surface area (Å²) in [5.74, 6) is 0. The second-order valence-electron chi connectivity index (χ2n) is 4.87. The third kappa shape index (κ3) is 3.28. The number of pyridine rings is 1. The molecule has 1 saturated carbocycles. The van der Waals surface area contributed by atoms with E-state index >= 15 is 0 Å². The molecule has 112 valence electrons. The molecule has 1 fully saturated rings. The van der Waals surface area contributed by atoms with E-state index in [1.165, 1.54) is 10.5 Å². The standard InChI is InChI=1S/C13H21N3O3S/c1-2-6-15-12-5-7-14-10-13(12)20(18,19)16(8-9-17)11-3-4-11/h5,7,10-11,17H,2-4,6,8-9H2,1H3,(H,14,15). The topological polar surface area (TPSA) is 82.5 Å². The summed E-state index contributed by atoms with van der Waals surface area (Å²) in [7, 11) is -3.61. The van der Waals surface area contributed by atoms with E-state index in [9.17, 15) is 8.42 Å². The Kier molecular flexibility index (Phi) is 4.95. The highest BCUT2D eigenvalue weighted by atomic mass is 32.2. The van der Waals surface area contributed by atoms with Crippen molar-refractivity contribution in [3.8, 4) is 0 Å². The van der Waals surface area contributed by atoms with Crippen LogP contribution in [0.3, 0.4) is 0 Å². The summed E-state index contributed by atoms with van der Waals surface area (Å²) in [6.07, 6.45) is 5.57. The fraction of sp³-hybridized carbons (Fsp3) is 0.615. The Bertz CT molecular complexity index is 544. The molecule has 0 atom stereocenters. The van der Waals surface area contributed by atoms with Gasteiger partial charge in [-0.25, -0.2) is 8.42 Å². The number of nitrogens with zero attached hydrogens (tertiary/aromatic N) is 2. The van der Waals surface area contributed by atoms with Crippen molar-refractivity contribution in [2.24, 2.45) is 0 Å². The maximum atomic E-state index is 12.7. The van der Waals surface area contributed by atoms with Gasteiger partial charge in [-0.3, -0.25) is 4.98 Å². The number of aromatic nitrogens is 1. The summed E-state index contributed by atoms with van der Waals surface area (Å²) in [5, 5.41) is 12.2. The quantitative estimate of drug-likeness (QED) is 0.750. The third-order valence-electron chi connectivity index (χ3n) is 3.21. The van der Waals surface area contributed by atoms with E-state index in [-0.39, 0.29) is 24.1 Å². The highest BCUT2D eigenvalue weighted by Crippen LogP contribution is 2.33. The molecule has 0 aliphatic heterocycles. The molecule has 7 heteroatoms. The maximum Gasteiger partial charge on any atom is 0.246 e. The number of rotatable bonds is 8. The van der Waals surface area contributed by atoms with Crippen LogP contribution in [0.5, 0.6) is 0 Å². The second-order valence-corrected chi connectivity index (χ2v) is 6.73. The van der Waals surface area contributed by atoms with E-state index in [0.717, 1.165) is 19.3 Å². The number of hydrogen-bond acceptors (Lipinski definition) is 5. The fourth-order valence-corrected chi connectivity index (χ4v) is 3.87. The third-order valence-corrected chi connectivity index (χ3v) is 5.19. The lowest BCUT2D eigenvalue weighted by Crippen LogP contribution is -2.36. The van der Waals surface area contributed by atoms with Crippen molar-refractivity contribution in [3.63, 3.8) is 0 Å². The zero-order valence-electron chi connectivity index (χ0n) is 11.6. The predicted octanol–water partition coefficient (Wildman–Crippen LogP) is 1.05. The first-order valence-corrected chi connectivity index (χ1v) is 8.35. The van der Waals surface area contributed by atoms with Crippen LogP contribution in [0.15, 0.2) is 23.4 Å². The molecule has 2 N–H and O–H groups in total. The molecule has 1 aromatic rings. The Morgan fingerprint density at radius 3 is 2.85 bits per heavy atom. The van der Waals surface area contributed by atoms with Gasteiger partial charge >= 0.3 is 0 Å². The number of aliphatic hydroxyl groups is 1. The van der Waals surface area contributed by atoms with Gasteiger partial charge in [0.1, 0.15) is 4.90 Å². The molecule has 6 nitrogen and oxygen atoms in total. The van der Waals surface area contributed by atoms with Crippen LogP contribution in [-0.2, 0) is 10.0 Å². The largest absolute Gasteiger partial charge is 0.395 e. The molecular formula is C13H21N3O3S. The van der Waals surface area contributed by atoms with Crippen LogP contribution < -0.4 is 5.32 Å². The number of sulfonamides is 1. The van der Waals surface area contributed by atoms with E-state index in [0.29, 0.717) is 12.2 Å². The molecule has 2 rings (SSSR count). The fourth-order valence-electron chi connectivity index (χ4n) is 2.08. The van der Waals surface area contributed by atoms with Crippen molar-refractivity contribution in [1.82, 2.24) is 9.29 Å². The molecule has 1 aliphatic rings. The van der Waals surface area contributed by atoms with Crippen LogP contribution >= 0.6 is 0 Å². The highest BCUT2D eigenvalue weighted by molar-refractivity contribution is 7.89. The molecule has 0 spiro atoms. The molecule has 20 heavy (non-hydrogen) atoms. The lowest BCUT2D eigenvalue weighted by Gasteiger charge is -2.22. The molecule has 0 bridgehead atoms. The van der Waals surface area contributed by atoms with Gasteiger partial charge in [-0.1, -0.05) is 6.92 Å². The smallest absolute Gasteiger partial charge is 0.246 e. The number of anilines is 1. The Labute approximate surface area is 119 Å². The molecule has 0 saturated heterocycles. The summed E-state index contributed by atoms with van der Waals surface area (Å²) >= 11 is 0. The molecule has 1 heterocycles. The van der Waals surface area contributed by atoms with Crippen molar-refractivity contribution in [1.29, 1.82) is 0 Å². The Balaban J connectivity index is 2.32. The van der Waals surface area contributed by atoms with Gasteiger partial charge < -0.3 is 10.4 Å². The van der Waals surface area contributed by atoms with Crippen LogP contribution in [0.4, 0.5) is 5.69 Å². The molecule has 1 aliphatic carbocycles. The number of hydrogen-bond donors (Lipinski definition) is 2. The van der Waals surface area contributed by atoms with Gasteiger partial charge in [-0.15, -0.1) is 0 Å². The second kappa shape index (κ2) is 6.51. The molecule has 0 amide bonds. The van der Waals surface area contributed by atoms with E-state index in [1.54, 1.807) is 12.3 Å². The molecule has 0 unspecified atom stereocenters. The van der Waals surface area contributed by atoms with Crippen LogP contribution in [-0.4, -0.2) is 48.6 Å². The van der Waals surface area contributed by atoms with Gasteiger partial charge in [0, 0.05) is 31.5 Å². The molecule has 0 aromatic carbocycles. The van der Waals surface area contributed by atoms with Gasteiger partial charge in [0.05, 0.1) is 12.3 Å². The SMILES string of the molecule is CCCNc1ccncc1S(=O)(=O)N(CCO)C1CC1. The molecule has 0 radical (unpaired) electrons. The lowest BCUT2D eigenvalue weighted by atomic mass is 10.4. The average molecular weight is 299 g/mol. The van der Waals surface area contributed by atoms with Crippen molar-refractivity contribution in [3.05, 3.63) is 18.5 Å². The van der Waals surface area contributed by atoms with E-state index in [4.69, 9.17) is 5.11 Å². The Morgan fingerprint density at radius 2 is 2.25 bits per heavy atom. The van der Waals surface area contributed by atoms with E-state index < -0.39 is 10.0 Å². The minimum atomic E-state index is -3.61. The van der Waals surface area contributed by atoms with Crippen molar-refractivity contribution >= 4 is 15.7 Å². The number of nitrogens with one attached hydrogen (secondary N) is 1. The normalized spacial score (nSPS) is 15.6. The number of aliphatic hydroxyl groups excluding tert-OH is 1. The summed E-state index contributed by atoms with van der Waals surface area (Å²) in [4.78, 5) is 4.12. The Hall–Kier alpha value is -1.18. The lowest BCUT2D eigenvalue weighted by molar-refractivity contribution is 0.250. The van der Waals surface area contributed by atoms with Crippen LogP contribution in [0.2, 0.25) is 0 Å². The zero-order chi connectivity index (χ0) is 14.6. The summed E-state index contributed by atoms with van der Waals surface area (Å²) in [6, 6.07) is 1.69. The monoisotopic (exact) mass is 299 g/mol.